The van der Waals surface area contributed by atoms with Gasteiger partial charge in [0.25, 0.3) is 0 Å². The summed E-state index contributed by atoms with van der Waals surface area (Å²) in [5.74, 6) is 0.571. The van der Waals surface area contributed by atoms with E-state index in [9.17, 15) is 4.39 Å². The first-order valence-corrected chi connectivity index (χ1v) is 8.19. The average Bonchev–Trinajstić information content (AvgIpc) is 2.81. The highest BCUT2D eigenvalue weighted by Gasteiger charge is 2.09. The van der Waals surface area contributed by atoms with Crippen molar-refractivity contribution in [2.75, 3.05) is 20.1 Å². The zero-order chi connectivity index (χ0) is 17.5. The molecule has 1 aromatic carbocycles. The molecule has 0 saturated heterocycles. The van der Waals surface area contributed by atoms with E-state index in [2.05, 4.69) is 27.6 Å². The van der Waals surface area contributed by atoms with Crippen LogP contribution in [0.4, 0.5) is 4.39 Å². The minimum atomic E-state index is -0.204. The number of rotatable bonds is 6. The molecule has 0 saturated carbocycles. The maximum Gasteiger partial charge on any atom is 0.190 e. The van der Waals surface area contributed by atoms with E-state index in [1.54, 1.807) is 19.2 Å². The Morgan fingerprint density at radius 3 is 2.29 bits per heavy atom. The van der Waals surface area contributed by atoms with Crippen molar-refractivity contribution in [1.82, 2.24) is 20.4 Å². The van der Waals surface area contributed by atoms with Crippen molar-refractivity contribution in [3.05, 3.63) is 52.6 Å². The lowest BCUT2D eigenvalue weighted by molar-refractivity contribution is 0.626. The number of guanidine groups is 1. The van der Waals surface area contributed by atoms with Crippen molar-refractivity contribution >= 4 is 5.96 Å². The molecule has 130 valence electrons. The number of nitrogens with one attached hydrogen (secondary N) is 2. The molecule has 2 rings (SSSR count). The van der Waals surface area contributed by atoms with Gasteiger partial charge >= 0.3 is 0 Å². The molecule has 0 aliphatic rings. The SMILES string of the molecule is CN=C(NCCc1ccc(F)cc1)NCCc1c(C)nn(C)c1C. The van der Waals surface area contributed by atoms with E-state index in [-0.39, 0.29) is 5.82 Å². The fourth-order valence-electron chi connectivity index (χ4n) is 2.68. The van der Waals surface area contributed by atoms with Crippen molar-refractivity contribution < 1.29 is 4.39 Å². The molecular weight excluding hydrogens is 305 g/mol. The van der Waals surface area contributed by atoms with E-state index in [1.165, 1.54) is 23.4 Å². The molecule has 1 heterocycles. The summed E-state index contributed by atoms with van der Waals surface area (Å²) in [5, 5.41) is 11.0. The number of nitrogens with zero attached hydrogens (tertiary/aromatic N) is 3. The van der Waals surface area contributed by atoms with Gasteiger partial charge in [0.1, 0.15) is 5.82 Å². The molecule has 0 aliphatic heterocycles. The summed E-state index contributed by atoms with van der Waals surface area (Å²) < 4.78 is 14.8. The van der Waals surface area contributed by atoms with Gasteiger partial charge in [0, 0.05) is 32.9 Å². The van der Waals surface area contributed by atoms with Crippen molar-refractivity contribution in [2.45, 2.75) is 26.7 Å². The van der Waals surface area contributed by atoms with Gasteiger partial charge in [0.05, 0.1) is 5.69 Å². The van der Waals surface area contributed by atoms with E-state index in [0.717, 1.165) is 43.1 Å². The number of hydrogen-bond acceptors (Lipinski definition) is 2. The topological polar surface area (TPSA) is 54.2 Å². The van der Waals surface area contributed by atoms with E-state index in [0.29, 0.717) is 0 Å². The number of aromatic nitrogens is 2. The molecule has 24 heavy (non-hydrogen) atoms. The third kappa shape index (κ3) is 4.81. The molecule has 0 spiro atoms. The van der Waals surface area contributed by atoms with Crippen LogP contribution in [0.1, 0.15) is 22.5 Å². The predicted molar refractivity (Wildman–Crippen MR) is 95.9 cm³/mol. The highest BCUT2D eigenvalue weighted by molar-refractivity contribution is 5.79. The molecule has 0 bridgehead atoms. The first kappa shape index (κ1) is 18.0. The molecule has 0 atom stereocenters. The van der Waals surface area contributed by atoms with Crippen LogP contribution in [0.15, 0.2) is 29.3 Å². The predicted octanol–water partition coefficient (Wildman–Crippen LogP) is 2.13. The first-order chi connectivity index (χ1) is 11.5. The van der Waals surface area contributed by atoms with Gasteiger partial charge in [0.15, 0.2) is 5.96 Å². The zero-order valence-corrected chi connectivity index (χ0v) is 14.9. The van der Waals surface area contributed by atoms with E-state index in [1.807, 2.05) is 18.7 Å². The van der Waals surface area contributed by atoms with Gasteiger partial charge in [-0.15, -0.1) is 0 Å². The Bertz CT molecular complexity index is 688. The summed E-state index contributed by atoms with van der Waals surface area (Å²) >= 11 is 0. The number of benzene rings is 1. The van der Waals surface area contributed by atoms with Gasteiger partial charge in [-0.3, -0.25) is 9.67 Å². The van der Waals surface area contributed by atoms with Gasteiger partial charge in [-0.05, 0) is 49.9 Å². The summed E-state index contributed by atoms with van der Waals surface area (Å²) in [6, 6.07) is 6.59. The third-order valence-electron chi connectivity index (χ3n) is 4.17. The fourth-order valence-corrected chi connectivity index (χ4v) is 2.68. The van der Waals surface area contributed by atoms with Gasteiger partial charge in [-0.25, -0.2) is 4.39 Å². The molecule has 0 amide bonds. The van der Waals surface area contributed by atoms with Crippen molar-refractivity contribution in [1.29, 1.82) is 0 Å². The molecule has 6 heteroatoms. The van der Waals surface area contributed by atoms with Gasteiger partial charge in [-0.2, -0.15) is 5.10 Å². The second-order valence-corrected chi connectivity index (χ2v) is 5.83. The second-order valence-electron chi connectivity index (χ2n) is 5.83. The van der Waals surface area contributed by atoms with Crippen LogP contribution in [0.3, 0.4) is 0 Å². The molecule has 2 aromatic rings. The molecule has 0 fully saturated rings. The minimum absolute atomic E-state index is 0.204. The molecule has 5 nitrogen and oxygen atoms in total. The van der Waals surface area contributed by atoms with Crippen LogP contribution in [-0.2, 0) is 19.9 Å². The molecular formula is C18H26FN5. The number of aryl methyl sites for hydroxylation is 2. The highest BCUT2D eigenvalue weighted by Crippen LogP contribution is 2.11. The summed E-state index contributed by atoms with van der Waals surface area (Å²) in [4.78, 5) is 4.23. The maximum absolute atomic E-state index is 12.9. The first-order valence-electron chi connectivity index (χ1n) is 8.19. The lowest BCUT2D eigenvalue weighted by atomic mass is 10.1. The lowest BCUT2D eigenvalue weighted by Gasteiger charge is -2.12. The Morgan fingerprint density at radius 1 is 1.12 bits per heavy atom. The van der Waals surface area contributed by atoms with Crippen LogP contribution in [0, 0.1) is 19.7 Å². The monoisotopic (exact) mass is 331 g/mol. The quantitative estimate of drug-likeness (QED) is 0.630. The molecule has 0 radical (unpaired) electrons. The number of hydrogen-bond donors (Lipinski definition) is 2. The molecule has 1 aromatic heterocycles. The molecule has 0 aliphatic carbocycles. The van der Waals surface area contributed by atoms with E-state index < -0.39 is 0 Å². The Labute approximate surface area is 143 Å². The highest BCUT2D eigenvalue weighted by atomic mass is 19.1. The number of aliphatic imine (C=N–C) groups is 1. The Hall–Kier alpha value is -2.37. The summed E-state index contributed by atoms with van der Waals surface area (Å²) in [7, 11) is 3.73. The Morgan fingerprint density at radius 2 is 1.75 bits per heavy atom. The standard InChI is InChI=1S/C18H26FN5/c1-13-17(14(2)24(4)23-13)10-12-22-18(20-3)21-11-9-15-5-7-16(19)8-6-15/h5-8H,9-12H2,1-4H3,(H2,20,21,22). The van der Waals surface area contributed by atoms with Crippen molar-refractivity contribution in [2.24, 2.45) is 12.0 Å². The van der Waals surface area contributed by atoms with Crippen LogP contribution >= 0.6 is 0 Å². The zero-order valence-electron chi connectivity index (χ0n) is 14.9. The molecule has 0 unspecified atom stereocenters. The smallest absolute Gasteiger partial charge is 0.190 e. The lowest BCUT2D eigenvalue weighted by Crippen LogP contribution is -2.39. The van der Waals surface area contributed by atoms with Crippen molar-refractivity contribution in [3.63, 3.8) is 0 Å². The Balaban J connectivity index is 1.75. The fraction of sp³-hybridized carbons (Fsp3) is 0.444. The largest absolute Gasteiger partial charge is 0.356 e. The van der Waals surface area contributed by atoms with E-state index in [4.69, 9.17) is 0 Å². The van der Waals surface area contributed by atoms with Gasteiger partial charge in [-0.1, -0.05) is 12.1 Å². The Kier molecular flexibility index (Phi) is 6.35. The third-order valence-corrected chi connectivity index (χ3v) is 4.17. The summed E-state index contributed by atoms with van der Waals surface area (Å²) in [6.45, 7) is 5.67. The van der Waals surface area contributed by atoms with Gasteiger partial charge in [0.2, 0.25) is 0 Å². The summed E-state index contributed by atoms with van der Waals surface area (Å²) in [5.41, 5.74) is 4.66. The van der Waals surface area contributed by atoms with Crippen LogP contribution in [0.25, 0.3) is 0 Å². The van der Waals surface area contributed by atoms with Crippen LogP contribution in [0.2, 0.25) is 0 Å². The maximum atomic E-state index is 12.9. The van der Waals surface area contributed by atoms with Gasteiger partial charge < -0.3 is 10.6 Å². The van der Waals surface area contributed by atoms with E-state index >= 15 is 0 Å². The second kappa shape index (κ2) is 8.47. The summed E-state index contributed by atoms with van der Waals surface area (Å²) in [6.07, 6.45) is 1.73. The van der Waals surface area contributed by atoms with Crippen LogP contribution < -0.4 is 10.6 Å². The van der Waals surface area contributed by atoms with Crippen LogP contribution in [-0.4, -0.2) is 35.9 Å². The average molecular weight is 331 g/mol. The normalized spacial score (nSPS) is 11.6. The van der Waals surface area contributed by atoms with Crippen LogP contribution in [0.5, 0.6) is 0 Å². The number of halogens is 1. The van der Waals surface area contributed by atoms with Crippen molar-refractivity contribution in [3.8, 4) is 0 Å². The molecule has 2 N–H and O–H groups in total. The minimum Gasteiger partial charge on any atom is -0.356 e.